The molecule has 4 N–H and O–H groups in total. The molecule has 0 unspecified atom stereocenters. The molecule has 2 heterocycles. The van der Waals surface area contributed by atoms with E-state index < -0.39 is 0 Å². The number of aryl methyl sites for hydroxylation is 1. The molecule has 2 aromatic heterocycles. The van der Waals surface area contributed by atoms with Crippen LogP contribution < -0.4 is 11.6 Å². The topological polar surface area (TPSA) is 87.7 Å². The van der Waals surface area contributed by atoms with Crippen molar-refractivity contribution in [3.8, 4) is 11.4 Å². The smallest absolute Gasteiger partial charge is 0.152 e. The normalized spacial score (nSPS) is 11.3. The highest BCUT2D eigenvalue weighted by Gasteiger charge is 2.18. The average molecular weight is 234 g/mol. The van der Waals surface area contributed by atoms with Gasteiger partial charge in [-0.2, -0.15) is 0 Å². The third kappa shape index (κ3) is 1.75. The van der Waals surface area contributed by atoms with Crippen LogP contribution in [0.1, 0.15) is 32.5 Å². The van der Waals surface area contributed by atoms with Crippen molar-refractivity contribution in [2.45, 2.75) is 33.2 Å². The van der Waals surface area contributed by atoms with E-state index in [4.69, 9.17) is 11.6 Å². The van der Waals surface area contributed by atoms with Gasteiger partial charge in [0.15, 0.2) is 5.82 Å². The summed E-state index contributed by atoms with van der Waals surface area (Å²) in [6.07, 6.45) is 3.52. The minimum absolute atomic E-state index is 0.231. The monoisotopic (exact) mass is 234 g/mol. The third-order valence-electron chi connectivity index (χ3n) is 2.79. The Bertz CT molecular complexity index is 522. The molecule has 6 heteroatoms. The molecule has 2 aromatic rings. The van der Waals surface area contributed by atoms with Crippen LogP contribution >= 0.6 is 0 Å². The number of aromatic nitrogens is 4. The Balaban J connectivity index is 2.57. The Hall–Kier alpha value is -1.98. The summed E-state index contributed by atoms with van der Waals surface area (Å²) in [4.78, 5) is 8.62. The maximum atomic E-state index is 5.99. The molecule has 2 rings (SSSR count). The van der Waals surface area contributed by atoms with Gasteiger partial charge in [-0.15, -0.1) is 0 Å². The van der Waals surface area contributed by atoms with Gasteiger partial charge in [0.25, 0.3) is 0 Å². The fraction of sp³-hybridized carbons (Fsp3) is 0.455. The molecule has 92 valence electrons. The van der Waals surface area contributed by atoms with E-state index >= 15 is 0 Å². The zero-order valence-electron chi connectivity index (χ0n) is 10.4. The van der Waals surface area contributed by atoms with Gasteiger partial charge in [-0.25, -0.2) is 14.6 Å². The maximum Gasteiger partial charge on any atom is 0.152 e. The molecule has 0 saturated heterocycles. The molecule has 17 heavy (non-hydrogen) atoms. The Labute approximate surface area is 100 Å². The van der Waals surface area contributed by atoms with Gasteiger partial charge in [0.2, 0.25) is 0 Å². The highest BCUT2D eigenvalue weighted by molar-refractivity contribution is 5.68. The van der Waals surface area contributed by atoms with Crippen LogP contribution in [0.3, 0.4) is 0 Å². The minimum Gasteiger partial charge on any atom is -0.382 e. The molecule has 0 radical (unpaired) electrons. The second-order valence-corrected chi connectivity index (χ2v) is 4.29. The number of nitrogens with two attached hydrogens (primary N) is 2. The van der Waals surface area contributed by atoms with Gasteiger partial charge >= 0.3 is 0 Å². The predicted molar refractivity (Wildman–Crippen MR) is 67.8 cm³/mol. The summed E-state index contributed by atoms with van der Waals surface area (Å²) in [5.41, 5.74) is 7.59. The maximum absolute atomic E-state index is 5.99. The number of nitrogens with zero attached hydrogens (tertiary/aromatic N) is 4. The largest absolute Gasteiger partial charge is 0.382 e. The van der Waals surface area contributed by atoms with Crippen molar-refractivity contribution < 1.29 is 0 Å². The molecule has 0 aromatic carbocycles. The molecule has 0 spiro atoms. The molecule has 0 saturated carbocycles. The highest BCUT2D eigenvalue weighted by atomic mass is 15.4. The predicted octanol–water partition coefficient (Wildman–Crippen LogP) is 1.19. The summed E-state index contributed by atoms with van der Waals surface area (Å²) in [6, 6.07) is 0. The summed E-state index contributed by atoms with van der Waals surface area (Å²) in [7, 11) is 0. The SMILES string of the molecule is CCn1cncc1-c1nc(C(C)C)n(N)c1N. The number of hydrogen-bond acceptors (Lipinski definition) is 4. The van der Waals surface area contributed by atoms with Crippen molar-refractivity contribution in [1.82, 2.24) is 19.2 Å². The minimum atomic E-state index is 0.231. The fourth-order valence-corrected chi connectivity index (χ4v) is 1.83. The lowest BCUT2D eigenvalue weighted by Crippen LogP contribution is -2.16. The van der Waals surface area contributed by atoms with Crippen molar-refractivity contribution in [3.63, 3.8) is 0 Å². The average Bonchev–Trinajstić information content (AvgIpc) is 2.85. The van der Waals surface area contributed by atoms with Crippen LogP contribution in [0.15, 0.2) is 12.5 Å². The van der Waals surface area contributed by atoms with Crippen LogP contribution in [0.5, 0.6) is 0 Å². The van der Waals surface area contributed by atoms with Crippen molar-refractivity contribution in [2.24, 2.45) is 0 Å². The molecule has 0 aliphatic rings. The first-order chi connectivity index (χ1) is 8.06. The lowest BCUT2D eigenvalue weighted by Gasteiger charge is -2.04. The summed E-state index contributed by atoms with van der Waals surface area (Å²) < 4.78 is 3.44. The fourth-order valence-electron chi connectivity index (χ4n) is 1.83. The van der Waals surface area contributed by atoms with Gasteiger partial charge in [0, 0.05) is 12.5 Å². The number of hydrogen-bond donors (Lipinski definition) is 2. The summed E-state index contributed by atoms with van der Waals surface area (Å²) in [5, 5.41) is 0. The number of anilines is 1. The van der Waals surface area contributed by atoms with Gasteiger partial charge < -0.3 is 16.1 Å². The van der Waals surface area contributed by atoms with E-state index in [2.05, 4.69) is 9.97 Å². The molecule has 0 aliphatic carbocycles. The lowest BCUT2D eigenvalue weighted by molar-refractivity contribution is 0.738. The van der Waals surface area contributed by atoms with Crippen LogP contribution in [0.2, 0.25) is 0 Å². The first-order valence-corrected chi connectivity index (χ1v) is 5.69. The number of rotatable bonds is 3. The van der Waals surface area contributed by atoms with Gasteiger partial charge in [0.1, 0.15) is 11.5 Å². The van der Waals surface area contributed by atoms with Crippen molar-refractivity contribution in [2.75, 3.05) is 11.6 Å². The first kappa shape index (κ1) is 11.5. The zero-order chi connectivity index (χ0) is 12.6. The van der Waals surface area contributed by atoms with Gasteiger partial charge in [-0.05, 0) is 6.92 Å². The van der Waals surface area contributed by atoms with Gasteiger partial charge in [-0.3, -0.25) is 0 Å². The quantitative estimate of drug-likeness (QED) is 0.781. The van der Waals surface area contributed by atoms with Gasteiger partial charge in [0.05, 0.1) is 18.2 Å². The van der Waals surface area contributed by atoms with Gasteiger partial charge in [-0.1, -0.05) is 13.8 Å². The number of imidazole rings is 2. The standard InChI is InChI=1S/C11H18N6/c1-4-16-6-14-5-8(16)9-10(12)17(13)11(15-9)7(2)3/h5-7H,4,12-13H2,1-3H3. The second-order valence-electron chi connectivity index (χ2n) is 4.29. The summed E-state index contributed by atoms with van der Waals surface area (Å²) >= 11 is 0. The summed E-state index contributed by atoms with van der Waals surface area (Å²) in [5.74, 6) is 7.39. The van der Waals surface area contributed by atoms with Crippen LogP contribution in [-0.4, -0.2) is 19.2 Å². The lowest BCUT2D eigenvalue weighted by atomic mass is 10.2. The van der Waals surface area contributed by atoms with E-state index in [0.29, 0.717) is 11.5 Å². The van der Waals surface area contributed by atoms with E-state index in [1.54, 1.807) is 12.5 Å². The van der Waals surface area contributed by atoms with E-state index in [-0.39, 0.29) is 5.92 Å². The molecular formula is C11H18N6. The van der Waals surface area contributed by atoms with Crippen molar-refractivity contribution in [3.05, 3.63) is 18.3 Å². The third-order valence-corrected chi connectivity index (χ3v) is 2.79. The second kappa shape index (κ2) is 4.12. The number of nitrogen functional groups attached to an aromatic ring is 2. The van der Waals surface area contributed by atoms with Crippen LogP contribution in [0.4, 0.5) is 5.82 Å². The Kier molecular flexibility index (Phi) is 2.79. The van der Waals surface area contributed by atoms with Crippen LogP contribution in [-0.2, 0) is 6.54 Å². The van der Waals surface area contributed by atoms with Crippen molar-refractivity contribution in [1.29, 1.82) is 0 Å². The molecule has 0 atom stereocenters. The molecule has 0 aliphatic heterocycles. The zero-order valence-corrected chi connectivity index (χ0v) is 10.4. The Morgan fingerprint density at radius 3 is 2.65 bits per heavy atom. The van der Waals surface area contributed by atoms with Crippen LogP contribution in [0, 0.1) is 0 Å². The molecule has 0 fully saturated rings. The first-order valence-electron chi connectivity index (χ1n) is 5.69. The van der Waals surface area contributed by atoms with E-state index in [9.17, 15) is 0 Å². The highest BCUT2D eigenvalue weighted by Crippen LogP contribution is 2.27. The molecular weight excluding hydrogens is 216 g/mol. The molecule has 6 nitrogen and oxygen atoms in total. The van der Waals surface area contributed by atoms with E-state index in [1.807, 2.05) is 25.3 Å². The summed E-state index contributed by atoms with van der Waals surface area (Å²) in [6.45, 7) is 6.94. The Morgan fingerprint density at radius 2 is 2.12 bits per heavy atom. The van der Waals surface area contributed by atoms with E-state index in [0.717, 1.165) is 18.1 Å². The van der Waals surface area contributed by atoms with Crippen molar-refractivity contribution >= 4 is 5.82 Å². The van der Waals surface area contributed by atoms with E-state index in [1.165, 1.54) is 4.68 Å². The molecule has 0 bridgehead atoms. The Morgan fingerprint density at radius 1 is 1.41 bits per heavy atom. The molecule has 0 amide bonds. The van der Waals surface area contributed by atoms with Crippen LogP contribution in [0.25, 0.3) is 11.4 Å².